The number of hydrogen-bond acceptors (Lipinski definition) is 3. The Bertz CT molecular complexity index is 514. The van der Waals surface area contributed by atoms with Crippen LogP contribution in [0.4, 0.5) is 0 Å². The Kier molecular flexibility index (Phi) is 14.0. The Hall–Kier alpha value is -1.79. The lowest BCUT2D eigenvalue weighted by Crippen LogP contribution is -2.50. The smallest absolute Gasteiger partial charge is 0.222 e. The number of guanidine groups is 1. The molecule has 0 spiro atoms. The fourth-order valence-corrected chi connectivity index (χ4v) is 3.52. The summed E-state index contributed by atoms with van der Waals surface area (Å²) in [6.07, 6.45) is 7.74. The Labute approximate surface area is 184 Å². The third-order valence-corrected chi connectivity index (χ3v) is 5.30. The molecular formula is C23H45N5O2. The van der Waals surface area contributed by atoms with Crippen molar-refractivity contribution in [3.63, 3.8) is 0 Å². The van der Waals surface area contributed by atoms with Crippen LogP contribution in [0.1, 0.15) is 79.1 Å². The Morgan fingerprint density at radius 1 is 0.867 bits per heavy atom. The second-order valence-corrected chi connectivity index (χ2v) is 8.56. The van der Waals surface area contributed by atoms with Gasteiger partial charge in [0, 0.05) is 58.7 Å². The van der Waals surface area contributed by atoms with Gasteiger partial charge in [0.05, 0.1) is 0 Å². The summed E-state index contributed by atoms with van der Waals surface area (Å²) in [6.45, 7) is 13.7. The van der Waals surface area contributed by atoms with Gasteiger partial charge in [-0.15, -0.1) is 0 Å². The minimum Gasteiger partial charge on any atom is -0.357 e. The first-order valence-corrected chi connectivity index (χ1v) is 12.1. The third kappa shape index (κ3) is 11.4. The van der Waals surface area contributed by atoms with E-state index < -0.39 is 0 Å². The van der Waals surface area contributed by atoms with Crippen LogP contribution in [0.25, 0.3) is 0 Å². The van der Waals surface area contributed by atoms with Gasteiger partial charge < -0.3 is 20.4 Å². The van der Waals surface area contributed by atoms with Gasteiger partial charge >= 0.3 is 0 Å². The highest BCUT2D eigenvalue weighted by atomic mass is 16.2. The number of aliphatic imine (C=N–C) groups is 1. The zero-order valence-corrected chi connectivity index (χ0v) is 19.8. The molecule has 30 heavy (non-hydrogen) atoms. The first-order valence-electron chi connectivity index (χ1n) is 12.1. The summed E-state index contributed by atoms with van der Waals surface area (Å²) in [6, 6.07) is 0. The quantitative estimate of drug-likeness (QED) is 0.271. The van der Waals surface area contributed by atoms with Crippen LogP contribution in [0, 0.1) is 5.92 Å². The van der Waals surface area contributed by atoms with Crippen LogP contribution in [0.3, 0.4) is 0 Å². The maximum absolute atomic E-state index is 12.4. The maximum Gasteiger partial charge on any atom is 0.222 e. The second kappa shape index (κ2) is 16.0. The summed E-state index contributed by atoms with van der Waals surface area (Å²) < 4.78 is 0. The molecule has 0 aromatic heterocycles. The average Bonchev–Trinajstić information content (AvgIpc) is 2.73. The van der Waals surface area contributed by atoms with Crippen molar-refractivity contribution in [2.45, 2.75) is 79.1 Å². The van der Waals surface area contributed by atoms with E-state index in [4.69, 9.17) is 0 Å². The maximum atomic E-state index is 12.4. The van der Waals surface area contributed by atoms with Gasteiger partial charge in [-0.25, -0.2) is 0 Å². The Morgan fingerprint density at radius 3 is 2.13 bits per heavy atom. The highest BCUT2D eigenvalue weighted by Crippen LogP contribution is 2.10. The van der Waals surface area contributed by atoms with Crippen LogP contribution in [-0.2, 0) is 9.59 Å². The summed E-state index contributed by atoms with van der Waals surface area (Å²) in [4.78, 5) is 33.0. The van der Waals surface area contributed by atoms with Crippen molar-refractivity contribution in [3.05, 3.63) is 0 Å². The van der Waals surface area contributed by atoms with Gasteiger partial charge in [0.15, 0.2) is 5.96 Å². The number of nitrogens with one attached hydrogen (secondary N) is 2. The van der Waals surface area contributed by atoms with E-state index in [0.717, 1.165) is 51.3 Å². The zero-order chi connectivity index (χ0) is 22.2. The Morgan fingerprint density at radius 2 is 1.53 bits per heavy atom. The van der Waals surface area contributed by atoms with Crippen LogP contribution in [0.15, 0.2) is 4.99 Å². The summed E-state index contributed by atoms with van der Waals surface area (Å²) in [7, 11) is 0. The minimum absolute atomic E-state index is 0.218. The van der Waals surface area contributed by atoms with Crippen LogP contribution in [0.2, 0.25) is 0 Å². The molecule has 0 bridgehead atoms. The van der Waals surface area contributed by atoms with E-state index in [1.807, 2.05) is 9.80 Å². The molecule has 1 heterocycles. The SMILES string of the molecule is CCCCCN=C(NCC)NCCCCCC(=O)N1CCN(C(=O)CC(C)C)CC1. The minimum atomic E-state index is 0.218. The number of carbonyl (C=O) groups is 2. The Balaban J connectivity index is 2.15. The molecule has 1 aliphatic rings. The lowest BCUT2D eigenvalue weighted by atomic mass is 10.1. The molecule has 1 saturated heterocycles. The standard InChI is InChI=1S/C23H45N5O2/c1-5-7-10-13-25-23(24-6-2)26-14-11-8-9-12-21(29)27-15-17-28(18-16-27)22(30)19-20(3)4/h20H,5-19H2,1-4H3,(H2,24,25,26). The van der Waals surface area contributed by atoms with Crippen LogP contribution < -0.4 is 10.6 Å². The first kappa shape index (κ1) is 26.2. The van der Waals surface area contributed by atoms with Gasteiger partial charge in [0.1, 0.15) is 0 Å². The van der Waals surface area contributed by atoms with Gasteiger partial charge in [0.25, 0.3) is 0 Å². The van der Waals surface area contributed by atoms with E-state index in [-0.39, 0.29) is 11.8 Å². The largest absolute Gasteiger partial charge is 0.357 e. The predicted octanol–water partition coefficient (Wildman–Crippen LogP) is 3.01. The molecule has 0 aliphatic carbocycles. The summed E-state index contributed by atoms with van der Waals surface area (Å²) in [5, 5.41) is 6.67. The first-order chi connectivity index (χ1) is 14.5. The molecule has 0 radical (unpaired) electrons. The van der Waals surface area contributed by atoms with Crippen LogP contribution >= 0.6 is 0 Å². The number of hydrogen-bond donors (Lipinski definition) is 2. The molecule has 2 N–H and O–H groups in total. The number of carbonyl (C=O) groups excluding carboxylic acids is 2. The van der Waals surface area contributed by atoms with Crippen LogP contribution in [0.5, 0.6) is 0 Å². The fourth-order valence-electron chi connectivity index (χ4n) is 3.52. The molecular weight excluding hydrogens is 378 g/mol. The zero-order valence-electron chi connectivity index (χ0n) is 19.8. The number of unbranched alkanes of at least 4 members (excludes halogenated alkanes) is 4. The fraction of sp³-hybridized carbons (Fsp3) is 0.870. The summed E-state index contributed by atoms with van der Waals surface area (Å²) >= 11 is 0. The lowest BCUT2D eigenvalue weighted by Gasteiger charge is -2.35. The summed E-state index contributed by atoms with van der Waals surface area (Å²) in [5.74, 6) is 1.72. The van der Waals surface area contributed by atoms with Crippen molar-refractivity contribution in [1.82, 2.24) is 20.4 Å². The molecule has 7 nitrogen and oxygen atoms in total. The number of nitrogens with zero attached hydrogens (tertiary/aromatic N) is 3. The second-order valence-electron chi connectivity index (χ2n) is 8.56. The van der Waals surface area contributed by atoms with E-state index in [0.29, 0.717) is 44.9 Å². The molecule has 0 saturated carbocycles. The van der Waals surface area contributed by atoms with Crippen molar-refractivity contribution >= 4 is 17.8 Å². The molecule has 7 heteroatoms. The van der Waals surface area contributed by atoms with E-state index in [1.54, 1.807) is 0 Å². The van der Waals surface area contributed by atoms with Crippen molar-refractivity contribution in [1.29, 1.82) is 0 Å². The van der Waals surface area contributed by atoms with E-state index in [9.17, 15) is 9.59 Å². The molecule has 0 unspecified atom stereocenters. The molecule has 1 fully saturated rings. The van der Waals surface area contributed by atoms with Crippen molar-refractivity contribution < 1.29 is 9.59 Å². The molecule has 174 valence electrons. The monoisotopic (exact) mass is 423 g/mol. The number of amides is 2. The molecule has 0 aromatic carbocycles. The van der Waals surface area contributed by atoms with Gasteiger partial charge in [-0.05, 0) is 32.1 Å². The van der Waals surface area contributed by atoms with Crippen molar-refractivity contribution in [2.24, 2.45) is 10.9 Å². The molecule has 1 aliphatic heterocycles. The van der Waals surface area contributed by atoms with Crippen molar-refractivity contribution in [3.8, 4) is 0 Å². The highest BCUT2D eigenvalue weighted by Gasteiger charge is 2.23. The number of piperazine rings is 1. The molecule has 0 atom stereocenters. The molecule has 1 rings (SSSR count). The molecule has 2 amide bonds. The van der Waals surface area contributed by atoms with Gasteiger partial charge in [-0.3, -0.25) is 14.6 Å². The molecule has 0 aromatic rings. The van der Waals surface area contributed by atoms with Gasteiger partial charge in [-0.2, -0.15) is 0 Å². The van der Waals surface area contributed by atoms with Crippen molar-refractivity contribution in [2.75, 3.05) is 45.8 Å². The third-order valence-electron chi connectivity index (χ3n) is 5.30. The number of rotatable bonds is 13. The highest BCUT2D eigenvalue weighted by molar-refractivity contribution is 5.79. The van der Waals surface area contributed by atoms with E-state index in [2.05, 4.69) is 43.3 Å². The topological polar surface area (TPSA) is 77.0 Å². The van der Waals surface area contributed by atoms with Crippen LogP contribution in [-0.4, -0.2) is 73.4 Å². The normalized spacial score (nSPS) is 14.9. The van der Waals surface area contributed by atoms with Gasteiger partial charge in [0.2, 0.25) is 11.8 Å². The summed E-state index contributed by atoms with van der Waals surface area (Å²) in [5.41, 5.74) is 0. The average molecular weight is 424 g/mol. The lowest BCUT2D eigenvalue weighted by molar-refractivity contribution is -0.140. The predicted molar refractivity (Wildman–Crippen MR) is 125 cm³/mol. The van der Waals surface area contributed by atoms with E-state index in [1.165, 1.54) is 12.8 Å². The van der Waals surface area contributed by atoms with E-state index >= 15 is 0 Å². The van der Waals surface area contributed by atoms with Gasteiger partial charge in [-0.1, -0.05) is 40.0 Å².